The van der Waals surface area contributed by atoms with Crippen LogP contribution in [0.25, 0.3) is 11.6 Å². The van der Waals surface area contributed by atoms with Crippen LogP contribution in [-0.4, -0.2) is 42.4 Å². The average molecular weight is 221 g/mol. The normalized spacial score (nSPS) is 13.5. The van der Waals surface area contributed by atoms with E-state index in [0.29, 0.717) is 30.8 Å². The average Bonchev–Trinajstić information content (AvgIpc) is 2.92. The highest BCUT2D eigenvalue weighted by Crippen LogP contribution is 2.22. The number of fused-ring (bicyclic) bond motifs is 1. The van der Waals surface area contributed by atoms with E-state index in [-0.39, 0.29) is 5.69 Å². The van der Waals surface area contributed by atoms with Crippen LogP contribution in [0.5, 0.6) is 6.01 Å². The van der Waals surface area contributed by atoms with Crippen LogP contribution in [-0.2, 0) is 6.54 Å². The van der Waals surface area contributed by atoms with Crippen LogP contribution < -0.4 is 4.74 Å². The topological polar surface area (TPSA) is 106 Å². The van der Waals surface area contributed by atoms with Gasteiger partial charge in [-0.3, -0.25) is 4.57 Å². The molecule has 0 saturated carbocycles. The SMILES string of the molecule is O=C(O)c1cnc(-c2nnc3n2CCO3)[nH]1. The molecular formula is C8H7N5O3. The number of rotatable bonds is 2. The molecule has 0 atom stereocenters. The maximum atomic E-state index is 10.7. The summed E-state index contributed by atoms with van der Waals surface area (Å²) in [7, 11) is 0. The van der Waals surface area contributed by atoms with Gasteiger partial charge in [-0.25, -0.2) is 9.78 Å². The van der Waals surface area contributed by atoms with Gasteiger partial charge in [0, 0.05) is 0 Å². The van der Waals surface area contributed by atoms with Crippen LogP contribution in [0.1, 0.15) is 10.5 Å². The number of nitrogens with zero attached hydrogens (tertiary/aromatic N) is 4. The first-order chi connectivity index (χ1) is 7.75. The number of aromatic amines is 1. The number of ether oxygens (including phenoxy) is 1. The minimum Gasteiger partial charge on any atom is -0.477 e. The fourth-order valence-corrected chi connectivity index (χ4v) is 1.54. The van der Waals surface area contributed by atoms with Crippen molar-refractivity contribution in [3.63, 3.8) is 0 Å². The van der Waals surface area contributed by atoms with Crippen molar-refractivity contribution in [2.75, 3.05) is 6.61 Å². The van der Waals surface area contributed by atoms with Crippen molar-refractivity contribution < 1.29 is 14.6 Å². The molecule has 2 aromatic rings. The summed E-state index contributed by atoms with van der Waals surface area (Å²) >= 11 is 0. The fraction of sp³-hybridized carbons (Fsp3) is 0.250. The van der Waals surface area contributed by atoms with E-state index in [2.05, 4.69) is 20.2 Å². The Kier molecular flexibility index (Phi) is 1.70. The standard InChI is InChI=1S/C8H7N5O3/c14-7(15)4-3-9-5(10-4)6-11-12-8-13(6)1-2-16-8/h3H,1-2H2,(H,9,10)(H,14,15). The minimum atomic E-state index is -1.06. The van der Waals surface area contributed by atoms with Gasteiger partial charge < -0.3 is 14.8 Å². The number of carboxylic acid groups (broad SMARTS) is 1. The number of hydrogen-bond donors (Lipinski definition) is 2. The van der Waals surface area contributed by atoms with E-state index in [1.54, 1.807) is 4.57 Å². The van der Waals surface area contributed by atoms with E-state index in [1.165, 1.54) is 6.20 Å². The maximum Gasteiger partial charge on any atom is 0.353 e. The predicted octanol–water partition coefficient (Wildman–Crippen LogP) is -0.241. The summed E-state index contributed by atoms with van der Waals surface area (Å²) in [5, 5.41) is 16.4. The van der Waals surface area contributed by atoms with Gasteiger partial charge in [-0.1, -0.05) is 5.10 Å². The number of hydrogen-bond acceptors (Lipinski definition) is 5. The molecule has 0 radical (unpaired) electrons. The van der Waals surface area contributed by atoms with E-state index in [0.717, 1.165) is 0 Å². The third kappa shape index (κ3) is 1.16. The number of imidazole rings is 1. The van der Waals surface area contributed by atoms with Gasteiger partial charge in [-0.05, 0) is 0 Å². The first kappa shape index (κ1) is 8.89. The van der Waals surface area contributed by atoms with E-state index >= 15 is 0 Å². The molecule has 3 rings (SSSR count). The Balaban J connectivity index is 2.05. The summed E-state index contributed by atoms with van der Waals surface area (Å²) in [6.45, 7) is 1.19. The Morgan fingerprint density at radius 1 is 1.56 bits per heavy atom. The number of aromatic nitrogens is 5. The van der Waals surface area contributed by atoms with E-state index in [1.807, 2.05) is 0 Å². The fourth-order valence-electron chi connectivity index (χ4n) is 1.54. The van der Waals surface area contributed by atoms with Gasteiger partial charge in [0.25, 0.3) is 0 Å². The van der Waals surface area contributed by atoms with Crippen molar-refractivity contribution in [1.82, 2.24) is 24.7 Å². The second kappa shape index (κ2) is 3.05. The Morgan fingerprint density at radius 3 is 3.19 bits per heavy atom. The molecule has 0 bridgehead atoms. The molecule has 3 heterocycles. The molecule has 82 valence electrons. The number of aromatic carboxylic acids is 1. The highest BCUT2D eigenvalue weighted by molar-refractivity contribution is 5.85. The number of carbonyl (C=O) groups is 1. The Bertz CT molecular complexity index is 558. The van der Waals surface area contributed by atoms with Gasteiger partial charge in [-0.15, -0.1) is 5.10 Å². The molecule has 1 aliphatic rings. The molecule has 0 saturated heterocycles. The van der Waals surface area contributed by atoms with Gasteiger partial charge in [0.05, 0.1) is 12.7 Å². The molecule has 0 fully saturated rings. The van der Waals surface area contributed by atoms with Crippen LogP contribution in [0.15, 0.2) is 6.20 Å². The van der Waals surface area contributed by atoms with Crippen molar-refractivity contribution in [1.29, 1.82) is 0 Å². The zero-order valence-electron chi connectivity index (χ0n) is 8.04. The maximum absolute atomic E-state index is 10.7. The molecule has 2 N–H and O–H groups in total. The van der Waals surface area contributed by atoms with Crippen LogP contribution in [0.2, 0.25) is 0 Å². The lowest BCUT2D eigenvalue weighted by Crippen LogP contribution is -2.00. The zero-order chi connectivity index (χ0) is 11.1. The monoisotopic (exact) mass is 221 g/mol. The lowest BCUT2D eigenvalue weighted by Gasteiger charge is -1.95. The first-order valence-electron chi connectivity index (χ1n) is 4.60. The lowest BCUT2D eigenvalue weighted by molar-refractivity contribution is 0.0691. The molecule has 0 spiro atoms. The summed E-state index contributed by atoms with van der Waals surface area (Å²) < 4.78 is 6.93. The van der Waals surface area contributed by atoms with Crippen LogP contribution >= 0.6 is 0 Å². The second-order valence-electron chi connectivity index (χ2n) is 3.26. The Morgan fingerprint density at radius 2 is 2.44 bits per heavy atom. The van der Waals surface area contributed by atoms with Crippen LogP contribution in [0, 0.1) is 0 Å². The summed E-state index contributed by atoms with van der Waals surface area (Å²) in [6, 6.07) is 0.434. The molecular weight excluding hydrogens is 214 g/mol. The molecule has 0 unspecified atom stereocenters. The smallest absolute Gasteiger partial charge is 0.353 e. The van der Waals surface area contributed by atoms with Crippen LogP contribution in [0.4, 0.5) is 0 Å². The summed E-state index contributed by atoms with van der Waals surface area (Å²) in [5.74, 6) is -0.196. The summed E-state index contributed by atoms with van der Waals surface area (Å²) in [6.07, 6.45) is 1.25. The van der Waals surface area contributed by atoms with Gasteiger partial charge in [-0.2, -0.15) is 0 Å². The van der Waals surface area contributed by atoms with Crippen LogP contribution in [0.3, 0.4) is 0 Å². The highest BCUT2D eigenvalue weighted by atomic mass is 16.5. The molecule has 0 amide bonds. The van der Waals surface area contributed by atoms with Crippen molar-refractivity contribution in [3.05, 3.63) is 11.9 Å². The molecule has 1 aliphatic heterocycles. The Hall–Kier alpha value is -2.38. The number of carboxylic acids is 1. The second-order valence-corrected chi connectivity index (χ2v) is 3.26. The van der Waals surface area contributed by atoms with E-state index < -0.39 is 5.97 Å². The minimum absolute atomic E-state index is 0.0197. The van der Waals surface area contributed by atoms with Crippen molar-refractivity contribution in [2.45, 2.75) is 6.54 Å². The van der Waals surface area contributed by atoms with E-state index in [4.69, 9.17) is 9.84 Å². The summed E-state index contributed by atoms with van der Waals surface area (Å²) in [5.41, 5.74) is 0.0197. The van der Waals surface area contributed by atoms with Gasteiger partial charge in [0.2, 0.25) is 5.82 Å². The summed E-state index contributed by atoms with van der Waals surface area (Å²) in [4.78, 5) is 17.3. The van der Waals surface area contributed by atoms with Crippen molar-refractivity contribution in [3.8, 4) is 17.7 Å². The molecule has 0 aromatic carbocycles. The number of H-pyrrole nitrogens is 1. The van der Waals surface area contributed by atoms with Crippen molar-refractivity contribution in [2.24, 2.45) is 0 Å². The quantitative estimate of drug-likeness (QED) is 0.724. The molecule has 8 nitrogen and oxygen atoms in total. The third-order valence-corrected chi connectivity index (χ3v) is 2.28. The third-order valence-electron chi connectivity index (χ3n) is 2.28. The lowest BCUT2D eigenvalue weighted by atomic mass is 10.5. The highest BCUT2D eigenvalue weighted by Gasteiger charge is 2.22. The van der Waals surface area contributed by atoms with Gasteiger partial charge in [0.15, 0.2) is 5.82 Å². The Labute approximate surface area is 88.9 Å². The van der Waals surface area contributed by atoms with Gasteiger partial charge >= 0.3 is 12.0 Å². The number of nitrogens with one attached hydrogen (secondary N) is 1. The van der Waals surface area contributed by atoms with Gasteiger partial charge in [0.1, 0.15) is 12.3 Å². The first-order valence-corrected chi connectivity index (χ1v) is 4.60. The zero-order valence-corrected chi connectivity index (χ0v) is 8.04. The molecule has 8 heteroatoms. The van der Waals surface area contributed by atoms with Crippen molar-refractivity contribution >= 4 is 5.97 Å². The molecule has 0 aliphatic carbocycles. The van der Waals surface area contributed by atoms with E-state index in [9.17, 15) is 4.79 Å². The molecule has 16 heavy (non-hydrogen) atoms. The predicted molar refractivity (Wildman–Crippen MR) is 50.1 cm³/mol. The largest absolute Gasteiger partial charge is 0.477 e. The molecule has 2 aromatic heterocycles.